The molecule has 0 bridgehead atoms. The summed E-state index contributed by atoms with van der Waals surface area (Å²) in [6, 6.07) is 7.60. The highest BCUT2D eigenvalue weighted by molar-refractivity contribution is 5.99. The number of anilines is 2. The van der Waals surface area contributed by atoms with E-state index in [1.54, 1.807) is 29.3 Å². The highest BCUT2D eigenvalue weighted by Gasteiger charge is 2.21. The normalized spacial score (nSPS) is 14.3. The van der Waals surface area contributed by atoms with Gasteiger partial charge < -0.3 is 20.3 Å². The number of nitrogens with one attached hydrogen (secondary N) is 2. The van der Waals surface area contributed by atoms with Gasteiger partial charge in [-0.05, 0) is 49.2 Å². The van der Waals surface area contributed by atoms with E-state index in [0.29, 0.717) is 30.9 Å². The van der Waals surface area contributed by atoms with Crippen molar-refractivity contribution >= 4 is 23.5 Å². The fraction of sp³-hybridized carbons (Fsp3) is 0.381. The Hall–Kier alpha value is -3.20. The van der Waals surface area contributed by atoms with Crippen LogP contribution in [0.1, 0.15) is 11.3 Å². The lowest BCUT2D eigenvalue weighted by molar-refractivity contribution is 0.0914. The molecule has 2 heterocycles. The van der Waals surface area contributed by atoms with Gasteiger partial charge in [-0.1, -0.05) is 0 Å². The standard InChI is InChI=1S/C21H26FN5O3/c1-15-3-4-18(14-23-15)24-20(28)25-19-12-16(11-17(22)13-19)5-6-26-7-9-27(10-8-26)21(29)30-2/h3-4,11-14H,5-10H2,1-2H3,(H2,24,25,28). The van der Waals surface area contributed by atoms with Crippen LogP contribution in [0, 0.1) is 12.7 Å². The number of halogens is 1. The van der Waals surface area contributed by atoms with Crippen molar-refractivity contribution in [2.24, 2.45) is 0 Å². The fourth-order valence-electron chi connectivity index (χ4n) is 3.27. The smallest absolute Gasteiger partial charge is 0.409 e. The van der Waals surface area contributed by atoms with Crippen LogP contribution in [0.4, 0.5) is 25.4 Å². The molecule has 3 rings (SSSR count). The van der Waals surface area contributed by atoms with Crippen molar-refractivity contribution in [1.29, 1.82) is 0 Å². The quantitative estimate of drug-likeness (QED) is 0.784. The maximum Gasteiger partial charge on any atom is 0.409 e. The second-order valence-corrected chi connectivity index (χ2v) is 7.16. The minimum Gasteiger partial charge on any atom is -0.453 e. The van der Waals surface area contributed by atoms with Crippen molar-refractivity contribution in [2.75, 3.05) is 50.5 Å². The van der Waals surface area contributed by atoms with E-state index in [4.69, 9.17) is 4.74 Å². The van der Waals surface area contributed by atoms with E-state index in [2.05, 4.69) is 20.5 Å². The summed E-state index contributed by atoms with van der Waals surface area (Å²) < 4.78 is 18.8. The van der Waals surface area contributed by atoms with Gasteiger partial charge in [0.1, 0.15) is 5.82 Å². The number of aromatic nitrogens is 1. The number of methoxy groups -OCH3 is 1. The Morgan fingerprint density at radius 3 is 2.50 bits per heavy atom. The van der Waals surface area contributed by atoms with Crippen molar-refractivity contribution in [3.05, 3.63) is 53.6 Å². The van der Waals surface area contributed by atoms with Crippen LogP contribution < -0.4 is 10.6 Å². The predicted octanol–water partition coefficient (Wildman–Crippen LogP) is 3.10. The first-order chi connectivity index (χ1) is 14.4. The van der Waals surface area contributed by atoms with Crippen molar-refractivity contribution in [3.63, 3.8) is 0 Å². The molecule has 2 N–H and O–H groups in total. The Morgan fingerprint density at radius 1 is 1.10 bits per heavy atom. The number of hydrogen-bond acceptors (Lipinski definition) is 5. The third-order valence-corrected chi connectivity index (χ3v) is 4.91. The number of benzene rings is 1. The molecule has 0 radical (unpaired) electrons. The summed E-state index contributed by atoms with van der Waals surface area (Å²) in [6.07, 6.45) is 1.88. The largest absolute Gasteiger partial charge is 0.453 e. The first-order valence-electron chi connectivity index (χ1n) is 9.78. The predicted molar refractivity (Wildman–Crippen MR) is 112 cm³/mol. The van der Waals surface area contributed by atoms with Crippen LogP contribution in [0.5, 0.6) is 0 Å². The molecule has 1 aliphatic rings. The summed E-state index contributed by atoms with van der Waals surface area (Å²) in [6.45, 7) is 5.29. The maximum absolute atomic E-state index is 14.0. The number of amides is 3. The number of urea groups is 1. The third-order valence-electron chi connectivity index (χ3n) is 4.91. The van der Waals surface area contributed by atoms with Crippen LogP contribution in [0.3, 0.4) is 0 Å². The first-order valence-corrected chi connectivity index (χ1v) is 9.78. The molecule has 1 aromatic carbocycles. The lowest BCUT2D eigenvalue weighted by Gasteiger charge is -2.33. The van der Waals surface area contributed by atoms with E-state index in [9.17, 15) is 14.0 Å². The van der Waals surface area contributed by atoms with Gasteiger partial charge in [0.15, 0.2) is 0 Å². The minimum atomic E-state index is -0.462. The Kier molecular flexibility index (Phi) is 7.18. The number of carbonyl (C=O) groups is 2. The lowest BCUT2D eigenvalue weighted by Crippen LogP contribution is -2.49. The van der Waals surface area contributed by atoms with Crippen LogP contribution >= 0.6 is 0 Å². The van der Waals surface area contributed by atoms with Gasteiger partial charge in [0, 0.05) is 44.1 Å². The molecule has 30 heavy (non-hydrogen) atoms. The SMILES string of the molecule is COC(=O)N1CCN(CCc2cc(F)cc(NC(=O)Nc3ccc(C)nc3)c2)CC1. The van der Waals surface area contributed by atoms with Gasteiger partial charge in [0.25, 0.3) is 0 Å². The average Bonchev–Trinajstić information content (AvgIpc) is 2.73. The van der Waals surface area contributed by atoms with E-state index in [-0.39, 0.29) is 6.09 Å². The number of nitrogens with zero attached hydrogens (tertiary/aromatic N) is 3. The van der Waals surface area contributed by atoms with E-state index >= 15 is 0 Å². The van der Waals surface area contributed by atoms with Gasteiger partial charge in [0.2, 0.25) is 0 Å². The maximum atomic E-state index is 14.0. The van der Waals surface area contributed by atoms with E-state index < -0.39 is 11.8 Å². The second-order valence-electron chi connectivity index (χ2n) is 7.16. The molecule has 1 saturated heterocycles. The lowest BCUT2D eigenvalue weighted by atomic mass is 10.1. The minimum absolute atomic E-state index is 0.310. The summed E-state index contributed by atoms with van der Waals surface area (Å²) in [5.74, 6) is -0.407. The molecule has 0 aliphatic carbocycles. The first kappa shape index (κ1) is 21.5. The molecule has 0 spiro atoms. The van der Waals surface area contributed by atoms with Gasteiger partial charge in [-0.3, -0.25) is 9.88 Å². The molecular weight excluding hydrogens is 389 g/mol. The Morgan fingerprint density at radius 2 is 1.83 bits per heavy atom. The van der Waals surface area contributed by atoms with E-state index in [0.717, 1.165) is 30.9 Å². The Bertz CT molecular complexity index is 883. The fourth-order valence-corrected chi connectivity index (χ4v) is 3.27. The Balaban J connectivity index is 1.52. The number of carbonyl (C=O) groups excluding carboxylic acids is 2. The molecule has 0 atom stereocenters. The third kappa shape index (κ3) is 6.15. The van der Waals surface area contributed by atoms with Gasteiger partial charge in [-0.2, -0.15) is 0 Å². The van der Waals surface area contributed by atoms with Gasteiger partial charge >= 0.3 is 12.1 Å². The molecule has 2 aromatic rings. The highest BCUT2D eigenvalue weighted by Crippen LogP contribution is 2.16. The number of aryl methyl sites for hydroxylation is 1. The zero-order valence-electron chi connectivity index (χ0n) is 17.2. The van der Waals surface area contributed by atoms with Gasteiger partial charge in [0.05, 0.1) is 19.0 Å². The molecule has 8 nitrogen and oxygen atoms in total. The number of rotatable bonds is 5. The Labute approximate surface area is 175 Å². The van der Waals surface area contributed by atoms with E-state index in [1.165, 1.54) is 19.2 Å². The summed E-state index contributed by atoms with van der Waals surface area (Å²) in [5.41, 5.74) is 2.58. The van der Waals surface area contributed by atoms with Crippen LogP contribution in [0.25, 0.3) is 0 Å². The van der Waals surface area contributed by atoms with Crippen molar-refractivity contribution in [3.8, 4) is 0 Å². The van der Waals surface area contributed by atoms with Crippen LogP contribution in [0.15, 0.2) is 36.5 Å². The molecule has 1 aliphatic heterocycles. The molecule has 0 saturated carbocycles. The van der Waals surface area contributed by atoms with Crippen LogP contribution in [-0.4, -0.2) is 66.7 Å². The van der Waals surface area contributed by atoms with Crippen LogP contribution in [-0.2, 0) is 11.2 Å². The highest BCUT2D eigenvalue weighted by atomic mass is 19.1. The topological polar surface area (TPSA) is 86.8 Å². The molecule has 1 aromatic heterocycles. The summed E-state index contributed by atoms with van der Waals surface area (Å²) in [4.78, 5) is 31.7. The molecule has 0 unspecified atom stereocenters. The monoisotopic (exact) mass is 415 g/mol. The zero-order valence-corrected chi connectivity index (χ0v) is 17.2. The average molecular weight is 415 g/mol. The van der Waals surface area contributed by atoms with E-state index in [1.807, 2.05) is 6.92 Å². The van der Waals surface area contributed by atoms with Crippen molar-refractivity contribution < 1.29 is 18.7 Å². The zero-order chi connectivity index (χ0) is 21.5. The molecule has 3 amide bonds. The molecule has 1 fully saturated rings. The van der Waals surface area contributed by atoms with Crippen molar-refractivity contribution in [1.82, 2.24) is 14.8 Å². The molecular formula is C21H26FN5O3. The number of pyridine rings is 1. The molecule has 9 heteroatoms. The van der Waals surface area contributed by atoms with Crippen LogP contribution in [0.2, 0.25) is 0 Å². The van der Waals surface area contributed by atoms with Crippen molar-refractivity contribution in [2.45, 2.75) is 13.3 Å². The number of hydrogen-bond donors (Lipinski definition) is 2. The molecule has 160 valence electrons. The van der Waals surface area contributed by atoms with Gasteiger partial charge in [-0.15, -0.1) is 0 Å². The van der Waals surface area contributed by atoms with Gasteiger partial charge in [-0.25, -0.2) is 14.0 Å². The summed E-state index contributed by atoms with van der Waals surface area (Å²) in [5, 5.41) is 5.33. The number of piperazine rings is 1. The second kappa shape index (κ2) is 10.0. The summed E-state index contributed by atoms with van der Waals surface area (Å²) in [7, 11) is 1.38. The number of ether oxygens (including phenoxy) is 1. The summed E-state index contributed by atoms with van der Waals surface area (Å²) >= 11 is 0.